The molecule has 1 aliphatic heterocycles. The second-order valence-corrected chi connectivity index (χ2v) is 7.25. The van der Waals surface area contributed by atoms with Crippen molar-refractivity contribution >= 4 is 28.4 Å². The lowest BCUT2D eigenvalue weighted by molar-refractivity contribution is 0.0926. The Hall–Kier alpha value is -4.06. The molecule has 0 radical (unpaired) electrons. The number of aromatic nitrogens is 1. The van der Waals surface area contributed by atoms with E-state index in [-0.39, 0.29) is 17.4 Å². The third-order valence-electron chi connectivity index (χ3n) is 5.49. The number of hydrogen-bond donors (Lipinski definition) is 0. The zero-order valence-corrected chi connectivity index (χ0v) is 16.3. The molecule has 30 heavy (non-hydrogen) atoms. The number of carbonyl (C=O) groups is 2. The van der Waals surface area contributed by atoms with Crippen LogP contribution in [0.4, 0.5) is 5.69 Å². The minimum absolute atomic E-state index is 0.104. The normalized spacial score (nSPS) is 13.2. The Morgan fingerprint density at radius 3 is 2.43 bits per heavy atom. The topological polar surface area (TPSA) is 80.5 Å². The number of fused-ring (bicyclic) bond motifs is 2. The maximum absolute atomic E-state index is 13.1. The van der Waals surface area contributed by atoms with Gasteiger partial charge in [0.15, 0.2) is 0 Å². The van der Waals surface area contributed by atoms with Gasteiger partial charge < -0.3 is 4.42 Å². The summed E-state index contributed by atoms with van der Waals surface area (Å²) in [6.45, 7) is 3.82. The molecule has 0 spiro atoms. The molecule has 6 heteroatoms. The second-order valence-electron chi connectivity index (χ2n) is 7.25. The fraction of sp³-hybridized carbons (Fsp3) is 0.0833. The number of nitrogens with zero attached hydrogens (tertiary/aromatic N) is 2. The molecular formula is C24H16N2O4. The molecule has 0 atom stereocenters. The predicted molar refractivity (Wildman–Crippen MR) is 113 cm³/mol. The number of carbonyl (C=O) groups excluding carboxylic acids is 2. The van der Waals surface area contributed by atoms with E-state index in [1.807, 2.05) is 26.0 Å². The largest absolute Gasteiger partial charge is 0.403 e. The highest BCUT2D eigenvalue weighted by Crippen LogP contribution is 2.33. The van der Waals surface area contributed by atoms with Crippen LogP contribution in [0.5, 0.6) is 0 Å². The van der Waals surface area contributed by atoms with Crippen molar-refractivity contribution in [1.29, 1.82) is 0 Å². The van der Waals surface area contributed by atoms with Crippen LogP contribution >= 0.6 is 0 Å². The third kappa shape index (κ3) is 2.58. The van der Waals surface area contributed by atoms with Crippen LogP contribution in [0.25, 0.3) is 22.4 Å². The van der Waals surface area contributed by atoms with Gasteiger partial charge in [-0.25, -0.2) is 14.7 Å². The number of anilines is 1. The van der Waals surface area contributed by atoms with E-state index in [2.05, 4.69) is 4.98 Å². The molecule has 3 aromatic carbocycles. The van der Waals surface area contributed by atoms with Crippen molar-refractivity contribution in [2.75, 3.05) is 4.90 Å². The van der Waals surface area contributed by atoms with Crippen molar-refractivity contribution in [3.63, 3.8) is 0 Å². The number of rotatable bonds is 2. The molecule has 5 rings (SSSR count). The first-order valence-electron chi connectivity index (χ1n) is 9.45. The van der Waals surface area contributed by atoms with Gasteiger partial charge in [-0.15, -0.1) is 0 Å². The van der Waals surface area contributed by atoms with Crippen molar-refractivity contribution < 1.29 is 14.0 Å². The average molecular weight is 396 g/mol. The number of hydrogen-bond acceptors (Lipinski definition) is 5. The van der Waals surface area contributed by atoms with Crippen LogP contribution in [0.2, 0.25) is 0 Å². The molecule has 0 bridgehead atoms. The van der Waals surface area contributed by atoms with Crippen molar-refractivity contribution in [3.8, 4) is 11.5 Å². The lowest BCUT2D eigenvalue weighted by atomic mass is 10.1. The molecule has 4 aromatic rings. The predicted octanol–water partition coefficient (Wildman–Crippen LogP) is 4.27. The van der Waals surface area contributed by atoms with Gasteiger partial charge in [-0.05, 0) is 61.4 Å². The van der Waals surface area contributed by atoms with E-state index < -0.39 is 11.5 Å². The van der Waals surface area contributed by atoms with E-state index in [1.165, 1.54) is 4.90 Å². The van der Waals surface area contributed by atoms with E-state index in [9.17, 15) is 14.4 Å². The van der Waals surface area contributed by atoms with Gasteiger partial charge in [0.05, 0.1) is 27.7 Å². The first-order valence-corrected chi connectivity index (χ1v) is 9.45. The van der Waals surface area contributed by atoms with E-state index in [0.717, 1.165) is 11.1 Å². The van der Waals surface area contributed by atoms with E-state index in [1.54, 1.807) is 48.5 Å². The van der Waals surface area contributed by atoms with Gasteiger partial charge >= 0.3 is 5.63 Å². The fourth-order valence-corrected chi connectivity index (χ4v) is 3.71. The molecule has 0 N–H and O–H groups in total. The van der Waals surface area contributed by atoms with Gasteiger partial charge in [0.25, 0.3) is 11.8 Å². The molecule has 6 nitrogen and oxygen atoms in total. The quantitative estimate of drug-likeness (QED) is 0.473. The third-order valence-corrected chi connectivity index (χ3v) is 5.49. The summed E-state index contributed by atoms with van der Waals surface area (Å²) in [6.07, 6.45) is 0. The summed E-state index contributed by atoms with van der Waals surface area (Å²) in [5.41, 5.74) is 3.46. The van der Waals surface area contributed by atoms with Crippen molar-refractivity contribution in [1.82, 2.24) is 4.98 Å². The molecule has 146 valence electrons. The van der Waals surface area contributed by atoms with Crippen LogP contribution in [-0.4, -0.2) is 16.8 Å². The summed E-state index contributed by atoms with van der Waals surface area (Å²) in [5.74, 6) is -0.677. The zero-order chi connectivity index (χ0) is 21.0. The lowest BCUT2D eigenvalue weighted by Crippen LogP contribution is -2.30. The van der Waals surface area contributed by atoms with Gasteiger partial charge in [0, 0.05) is 5.56 Å². The van der Waals surface area contributed by atoms with Crippen LogP contribution in [0, 0.1) is 13.8 Å². The fourth-order valence-electron chi connectivity index (χ4n) is 3.71. The molecule has 0 fully saturated rings. The smallest absolute Gasteiger partial charge is 0.347 e. The Morgan fingerprint density at radius 1 is 0.833 bits per heavy atom. The molecule has 0 saturated heterocycles. The second kappa shape index (κ2) is 6.49. The summed E-state index contributed by atoms with van der Waals surface area (Å²) < 4.78 is 5.37. The SMILES string of the molecule is Cc1cccc(N2C(=O)c3ccc(-c4nc5ccccc5c(=O)o4)cc3C2=O)c1C. The maximum Gasteiger partial charge on any atom is 0.347 e. The van der Waals surface area contributed by atoms with E-state index in [4.69, 9.17) is 4.42 Å². The highest BCUT2D eigenvalue weighted by Gasteiger charge is 2.37. The van der Waals surface area contributed by atoms with Crippen molar-refractivity contribution in [2.45, 2.75) is 13.8 Å². The van der Waals surface area contributed by atoms with Crippen molar-refractivity contribution in [2.24, 2.45) is 0 Å². The molecular weight excluding hydrogens is 380 g/mol. The van der Waals surface area contributed by atoms with E-state index in [0.29, 0.717) is 27.7 Å². The van der Waals surface area contributed by atoms with Gasteiger partial charge in [-0.3, -0.25) is 9.59 Å². The number of amides is 2. The summed E-state index contributed by atoms with van der Waals surface area (Å²) in [6, 6.07) is 17.2. The van der Waals surface area contributed by atoms with Crippen LogP contribution in [0.15, 0.2) is 69.9 Å². The monoisotopic (exact) mass is 396 g/mol. The summed E-state index contributed by atoms with van der Waals surface area (Å²) in [7, 11) is 0. The minimum atomic E-state index is -0.504. The number of aryl methyl sites for hydroxylation is 1. The Labute approximate surface area is 171 Å². The van der Waals surface area contributed by atoms with Gasteiger partial charge in [-0.1, -0.05) is 24.3 Å². The summed E-state index contributed by atoms with van der Waals surface area (Å²) in [5, 5.41) is 0.384. The molecule has 1 aliphatic rings. The van der Waals surface area contributed by atoms with Crippen molar-refractivity contribution in [3.05, 3.63) is 93.3 Å². The van der Waals surface area contributed by atoms with Gasteiger partial charge in [0.1, 0.15) is 0 Å². The number of imide groups is 1. The molecule has 2 amide bonds. The Morgan fingerprint density at radius 2 is 1.60 bits per heavy atom. The maximum atomic E-state index is 13.1. The molecule has 0 aliphatic carbocycles. The standard InChI is InChI=1S/C24H16N2O4/c1-13-6-5-9-20(14(13)2)26-22(27)16-11-10-15(12-18(16)23(26)28)21-25-19-8-4-3-7-17(19)24(29)30-21/h3-12H,1-2H3. The molecule has 0 unspecified atom stereocenters. The number of benzene rings is 3. The summed E-state index contributed by atoms with van der Waals surface area (Å²) >= 11 is 0. The number of para-hydroxylation sites is 1. The molecule has 0 saturated carbocycles. The van der Waals surface area contributed by atoms with Crippen LogP contribution in [0.1, 0.15) is 31.8 Å². The van der Waals surface area contributed by atoms with E-state index >= 15 is 0 Å². The average Bonchev–Trinajstić information content (AvgIpc) is 3.00. The Bertz CT molecular complexity index is 1440. The highest BCUT2D eigenvalue weighted by atomic mass is 16.4. The van der Waals surface area contributed by atoms with Gasteiger partial charge in [0.2, 0.25) is 5.89 Å². The highest BCUT2D eigenvalue weighted by molar-refractivity contribution is 6.34. The van der Waals surface area contributed by atoms with Crippen LogP contribution in [-0.2, 0) is 0 Å². The molecule has 1 aromatic heterocycles. The van der Waals surface area contributed by atoms with Crippen LogP contribution < -0.4 is 10.5 Å². The first kappa shape index (κ1) is 18.0. The Balaban J connectivity index is 1.62. The lowest BCUT2D eigenvalue weighted by Gasteiger charge is -2.17. The minimum Gasteiger partial charge on any atom is -0.403 e. The summed E-state index contributed by atoms with van der Waals surface area (Å²) in [4.78, 5) is 44.0. The first-order chi connectivity index (χ1) is 14.5. The zero-order valence-electron chi connectivity index (χ0n) is 16.3. The van der Waals surface area contributed by atoms with Crippen LogP contribution in [0.3, 0.4) is 0 Å². The Kier molecular flexibility index (Phi) is 3.89. The van der Waals surface area contributed by atoms with Gasteiger partial charge in [-0.2, -0.15) is 0 Å². The molecule has 2 heterocycles.